The summed E-state index contributed by atoms with van der Waals surface area (Å²) in [5.41, 5.74) is 0.895. The minimum absolute atomic E-state index is 0.287. The summed E-state index contributed by atoms with van der Waals surface area (Å²) < 4.78 is 35.4. The molecule has 7 heteroatoms. The van der Waals surface area contributed by atoms with Crippen molar-refractivity contribution in [1.82, 2.24) is 5.32 Å². The van der Waals surface area contributed by atoms with E-state index < -0.39 is 18.6 Å². The van der Waals surface area contributed by atoms with Crippen LogP contribution in [0.5, 0.6) is 0 Å². The van der Waals surface area contributed by atoms with Crippen molar-refractivity contribution in [3.63, 3.8) is 0 Å². The second-order valence-electron chi connectivity index (χ2n) is 3.44. The highest BCUT2D eigenvalue weighted by Crippen LogP contribution is 2.12. The zero-order valence-electron chi connectivity index (χ0n) is 9.21. The van der Waals surface area contributed by atoms with Gasteiger partial charge < -0.3 is 10.6 Å². The molecule has 0 atom stereocenters. The number of hydrogen-bond donors (Lipinski definition) is 2. The molecule has 0 unspecified atom stereocenters. The molecule has 0 saturated heterocycles. The fraction of sp³-hybridized carbons (Fsp3) is 0.273. The van der Waals surface area contributed by atoms with E-state index in [4.69, 9.17) is 5.26 Å². The van der Waals surface area contributed by atoms with Crippen LogP contribution in [0.2, 0.25) is 0 Å². The number of amides is 1. The molecule has 1 aromatic rings. The number of nitrogens with zero attached hydrogens (tertiary/aromatic N) is 1. The van der Waals surface area contributed by atoms with Gasteiger partial charge in [0.15, 0.2) is 0 Å². The van der Waals surface area contributed by atoms with E-state index in [1.807, 2.05) is 6.07 Å². The Morgan fingerprint density at radius 2 is 2.11 bits per heavy atom. The lowest BCUT2D eigenvalue weighted by atomic mass is 10.2. The topological polar surface area (TPSA) is 64.9 Å². The average molecular weight is 257 g/mol. The van der Waals surface area contributed by atoms with Crippen LogP contribution < -0.4 is 10.6 Å². The molecule has 4 nitrogen and oxygen atoms in total. The van der Waals surface area contributed by atoms with Crippen molar-refractivity contribution in [2.75, 3.05) is 18.4 Å². The molecular formula is C11H10F3N3O. The predicted molar refractivity (Wildman–Crippen MR) is 58.7 cm³/mol. The van der Waals surface area contributed by atoms with Gasteiger partial charge in [0.2, 0.25) is 5.91 Å². The maximum absolute atomic E-state index is 11.8. The van der Waals surface area contributed by atoms with Crippen LogP contribution in [-0.2, 0) is 4.79 Å². The molecule has 0 fully saturated rings. The third-order valence-corrected chi connectivity index (χ3v) is 1.93. The maximum Gasteiger partial charge on any atom is 0.405 e. The molecule has 0 aromatic heterocycles. The number of carbonyl (C=O) groups excluding carboxylic acids is 1. The quantitative estimate of drug-likeness (QED) is 0.862. The Labute approximate surface area is 101 Å². The number of halogens is 3. The van der Waals surface area contributed by atoms with Gasteiger partial charge in [-0.1, -0.05) is 6.07 Å². The fourth-order valence-electron chi connectivity index (χ4n) is 1.14. The van der Waals surface area contributed by atoms with Gasteiger partial charge in [-0.3, -0.25) is 4.79 Å². The van der Waals surface area contributed by atoms with E-state index in [0.717, 1.165) is 0 Å². The molecule has 1 rings (SSSR count). The van der Waals surface area contributed by atoms with Crippen LogP contribution in [-0.4, -0.2) is 25.2 Å². The third kappa shape index (κ3) is 5.21. The number of anilines is 1. The van der Waals surface area contributed by atoms with Gasteiger partial charge in [0, 0.05) is 5.69 Å². The Balaban J connectivity index is 2.41. The summed E-state index contributed by atoms with van der Waals surface area (Å²) in [5, 5.41) is 13.0. The Kier molecular flexibility index (Phi) is 4.54. The summed E-state index contributed by atoms with van der Waals surface area (Å²) >= 11 is 0. The second-order valence-corrected chi connectivity index (χ2v) is 3.44. The van der Waals surface area contributed by atoms with Crippen molar-refractivity contribution >= 4 is 11.6 Å². The van der Waals surface area contributed by atoms with Crippen molar-refractivity contribution in [3.05, 3.63) is 29.8 Å². The molecule has 0 spiro atoms. The number of rotatable bonds is 4. The van der Waals surface area contributed by atoms with E-state index in [0.29, 0.717) is 11.3 Å². The highest BCUT2D eigenvalue weighted by atomic mass is 19.4. The lowest BCUT2D eigenvalue weighted by Gasteiger charge is -2.09. The minimum atomic E-state index is -4.42. The summed E-state index contributed by atoms with van der Waals surface area (Å²) in [5.74, 6) is -0.769. The number of carbonyl (C=O) groups is 1. The Morgan fingerprint density at radius 1 is 1.39 bits per heavy atom. The molecule has 0 aliphatic rings. The first-order valence-electron chi connectivity index (χ1n) is 4.98. The lowest BCUT2D eigenvalue weighted by Crippen LogP contribution is -2.37. The molecule has 18 heavy (non-hydrogen) atoms. The van der Waals surface area contributed by atoms with Crippen LogP contribution in [0.4, 0.5) is 18.9 Å². The van der Waals surface area contributed by atoms with Gasteiger partial charge in [0.05, 0.1) is 18.2 Å². The van der Waals surface area contributed by atoms with Crippen molar-refractivity contribution < 1.29 is 18.0 Å². The zero-order chi connectivity index (χ0) is 13.6. The average Bonchev–Trinajstić information content (AvgIpc) is 2.33. The normalized spacial score (nSPS) is 10.6. The second kappa shape index (κ2) is 5.91. The van der Waals surface area contributed by atoms with Gasteiger partial charge in [-0.2, -0.15) is 18.4 Å². The van der Waals surface area contributed by atoms with Gasteiger partial charge in [-0.15, -0.1) is 0 Å². The standard InChI is InChI=1S/C11H10F3N3O/c12-11(13,14)7-17-10(18)6-16-9-3-1-2-8(4-9)5-15/h1-4,16H,6-7H2,(H,17,18). The molecule has 1 aromatic carbocycles. The van der Waals surface area contributed by atoms with Gasteiger partial charge >= 0.3 is 6.18 Å². The van der Waals surface area contributed by atoms with Crippen LogP contribution in [0.3, 0.4) is 0 Å². The van der Waals surface area contributed by atoms with Crippen LogP contribution in [0, 0.1) is 11.3 Å². The molecular weight excluding hydrogens is 247 g/mol. The van der Waals surface area contributed by atoms with Crippen molar-refractivity contribution in [2.45, 2.75) is 6.18 Å². The maximum atomic E-state index is 11.8. The summed E-state index contributed by atoms with van der Waals surface area (Å²) in [4.78, 5) is 11.1. The van der Waals surface area contributed by atoms with E-state index >= 15 is 0 Å². The van der Waals surface area contributed by atoms with Gasteiger partial charge in [-0.05, 0) is 18.2 Å². The van der Waals surface area contributed by atoms with E-state index in [1.54, 1.807) is 23.5 Å². The molecule has 2 N–H and O–H groups in total. The summed E-state index contributed by atoms with van der Waals surface area (Å²) in [6, 6.07) is 8.20. The van der Waals surface area contributed by atoms with Crippen molar-refractivity contribution in [3.8, 4) is 6.07 Å². The Bertz CT molecular complexity index is 465. The van der Waals surface area contributed by atoms with E-state index in [1.165, 1.54) is 6.07 Å². The summed E-state index contributed by atoms with van der Waals surface area (Å²) in [6.07, 6.45) is -4.42. The summed E-state index contributed by atoms with van der Waals surface area (Å²) in [6.45, 7) is -1.64. The minimum Gasteiger partial charge on any atom is -0.376 e. The largest absolute Gasteiger partial charge is 0.405 e. The molecule has 1 amide bonds. The molecule has 0 saturated carbocycles. The van der Waals surface area contributed by atoms with Crippen LogP contribution in [0.15, 0.2) is 24.3 Å². The molecule has 0 aliphatic carbocycles. The first-order chi connectivity index (χ1) is 8.40. The van der Waals surface area contributed by atoms with Crippen LogP contribution >= 0.6 is 0 Å². The number of alkyl halides is 3. The van der Waals surface area contributed by atoms with Gasteiger partial charge in [0.1, 0.15) is 6.54 Å². The highest BCUT2D eigenvalue weighted by molar-refractivity contribution is 5.80. The zero-order valence-corrected chi connectivity index (χ0v) is 9.21. The fourth-order valence-corrected chi connectivity index (χ4v) is 1.14. The number of nitrogens with one attached hydrogen (secondary N) is 2. The monoisotopic (exact) mass is 257 g/mol. The molecule has 0 aliphatic heterocycles. The number of hydrogen-bond acceptors (Lipinski definition) is 3. The van der Waals surface area contributed by atoms with Crippen LogP contribution in [0.1, 0.15) is 5.56 Å². The lowest BCUT2D eigenvalue weighted by molar-refractivity contribution is -0.137. The van der Waals surface area contributed by atoms with Crippen molar-refractivity contribution in [2.24, 2.45) is 0 Å². The third-order valence-electron chi connectivity index (χ3n) is 1.93. The summed E-state index contributed by atoms with van der Waals surface area (Å²) in [7, 11) is 0. The molecule has 0 bridgehead atoms. The smallest absolute Gasteiger partial charge is 0.376 e. The number of nitriles is 1. The van der Waals surface area contributed by atoms with E-state index in [2.05, 4.69) is 5.32 Å². The number of benzene rings is 1. The molecule has 0 radical (unpaired) electrons. The van der Waals surface area contributed by atoms with Gasteiger partial charge in [0.25, 0.3) is 0 Å². The SMILES string of the molecule is N#Cc1cccc(NCC(=O)NCC(F)(F)F)c1. The first-order valence-corrected chi connectivity index (χ1v) is 4.98. The van der Waals surface area contributed by atoms with Crippen molar-refractivity contribution in [1.29, 1.82) is 5.26 Å². The molecule has 0 heterocycles. The van der Waals surface area contributed by atoms with E-state index in [9.17, 15) is 18.0 Å². The Morgan fingerprint density at radius 3 is 2.72 bits per heavy atom. The van der Waals surface area contributed by atoms with Gasteiger partial charge in [-0.25, -0.2) is 0 Å². The predicted octanol–water partition coefficient (Wildman–Crippen LogP) is 1.65. The first kappa shape index (κ1) is 13.8. The highest BCUT2D eigenvalue weighted by Gasteiger charge is 2.27. The van der Waals surface area contributed by atoms with Crippen LogP contribution in [0.25, 0.3) is 0 Å². The van der Waals surface area contributed by atoms with E-state index in [-0.39, 0.29) is 6.54 Å². The Hall–Kier alpha value is -2.23. The molecule has 96 valence electrons.